The summed E-state index contributed by atoms with van der Waals surface area (Å²) in [6, 6.07) is 66.9. The van der Waals surface area contributed by atoms with Crippen molar-refractivity contribution >= 4 is 49.8 Å². The second-order valence-electron chi connectivity index (χ2n) is 12.1. The molecule has 0 bridgehead atoms. The lowest BCUT2D eigenvalue weighted by molar-refractivity contribution is 0.669. The minimum Gasteiger partial charge on any atom is -0.456 e. The van der Waals surface area contributed by atoms with Gasteiger partial charge in [0.25, 0.3) is 0 Å². The first-order valence-corrected chi connectivity index (χ1v) is 16.4. The van der Waals surface area contributed by atoms with Crippen molar-refractivity contribution in [3.63, 3.8) is 0 Å². The van der Waals surface area contributed by atoms with Crippen LogP contribution in [0.4, 0.5) is 17.1 Å². The number of fused-ring (bicyclic) bond motifs is 5. The van der Waals surface area contributed by atoms with E-state index in [1.165, 1.54) is 33.0 Å². The topological polar surface area (TPSA) is 16.4 Å². The summed E-state index contributed by atoms with van der Waals surface area (Å²) in [5, 5.41) is 4.64. The first-order valence-electron chi connectivity index (χ1n) is 16.4. The van der Waals surface area contributed by atoms with Gasteiger partial charge in [-0.2, -0.15) is 0 Å². The lowest BCUT2D eigenvalue weighted by Gasteiger charge is -2.28. The fraction of sp³-hybridized carbons (Fsp3) is 0. The maximum absolute atomic E-state index is 6.44. The average Bonchev–Trinajstić information content (AvgIpc) is 3.55. The molecule has 9 aromatic rings. The molecule has 0 fully saturated rings. The molecule has 0 unspecified atom stereocenters. The number of furan rings is 1. The Hall–Kier alpha value is -6.38. The van der Waals surface area contributed by atoms with Gasteiger partial charge in [0.1, 0.15) is 11.2 Å². The molecule has 0 radical (unpaired) electrons. The molecule has 0 saturated heterocycles. The van der Waals surface area contributed by atoms with Gasteiger partial charge in [-0.1, -0.05) is 146 Å². The van der Waals surface area contributed by atoms with Crippen LogP contribution in [-0.2, 0) is 0 Å². The van der Waals surface area contributed by atoms with Gasteiger partial charge in [-0.15, -0.1) is 0 Å². The smallest absolute Gasteiger partial charge is 0.136 e. The van der Waals surface area contributed by atoms with Gasteiger partial charge in [0, 0.05) is 27.7 Å². The van der Waals surface area contributed by atoms with E-state index < -0.39 is 0 Å². The molecule has 0 amide bonds. The molecule has 0 aliphatic rings. The largest absolute Gasteiger partial charge is 0.456 e. The van der Waals surface area contributed by atoms with Crippen LogP contribution < -0.4 is 4.90 Å². The number of nitrogens with zero attached hydrogens (tertiary/aromatic N) is 1. The van der Waals surface area contributed by atoms with Crippen LogP contribution in [0.2, 0.25) is 0 Å². The van der Waals surface area contributed by atoms with Gasteiger partial charge >= 0.3 is 0 Å². The normalized spacial score (nSPS) is 11.3. The fourth-order valence-corrected chi connectivity index (χ4v) is 7.01. The third-order valence-electron chi connectivity index (χ3n) is 9.27. The zero-order chi connectivity index (χ0) is 31.9. The van der Waals surface area contributed by atoms with E-state index in [-0.39, 0.29) is 0 Å². The van der Waals surface area contributed by atoms with Crippen LogP contribution in [-0.4, -0.2) is 0 Å². The molecule has 1 heterocycles. The summed E-state index contributed by atoms with van der Waals surface area (Å²) in [7, 11) is 0. The Morgan fingerprint density at radius 1 is 0.333 bits per heavy atom. The van der Waals surface area contributed by atoms with Crippen LogP contribution in [0.5, 0.6) is 0 Å². The molecule has 0 saturated carbocycles. The molecule has 48 heavy (non-hydrogen) atoms. The SMILES string of the molecule is c1ccc(-c2ccc(N(c3ccc4c(c3)c(-c3ccccc3)cc3oc5ccccc5c34)c3ccccc3-c3ccccc3)cc2)cc1. The maximum atomic E-state index is 6.44. The van der Waals surface area contributed by atoms with Crippen LogP contribution in [0.1, 0.15) is 0 Å². The monoisotopic (exact) mass is 613 g/mol. The first kappa shape index (κ1) is 27.9. The second-order valence-corrected chi connectivity index (χ2v) is 12.1. The Balaban J connectivity index is 1.31. The van der Waals surface area contributed by atoms with Crippen LogP contribution in [0.15, 0.2) is 192 Å². The van der Waals surface area contributed by atoms with Crippen molar-refractivity contribution in [2.24, 2.45) is 0 Å². The molecule has 0 aliphatic carbocycles. The fourth-order valence-electron chi connectivity index (χ4n) is 7.01. The Morgan fingerprint density at radius 2 is 0.896 bits per heavy atom. The van der Waals surface area contributed by atoms with Crippen molar-refractivity contribution in [2.75, 3.05) is 4.90 Å². The van der Waals surface area contributed by atoms with Gasteiger partial charge in [-0.25, -0.2) is 0 Å². The summed E-state index contributed by atoms with van der Waals surface area (Å²) in [4.78, 5) is 2.39. The summed E-state index contributed by atoms with van der Waals surface area (Å²) in [5.74, 6) is 0. The lowest BCUT2D eigenvalue weighted by atomic mass is 9.94. The van der Waals surface area contributed by atoms with E-state index >= 15 is 0 Å². The molecule has 9 rings (SSSR count). The van der Waals surface area contributed by atoms with Crippen molar-refractivity contribution in [1.82, 2.24) is 0 Å². The number of rotatable bonds is 6. The average molecular weight is 614 g/mol. The number of hydrogen-bond acceptors (Lipinski definition) is 2. The molecular weight excluding hydrogens is 583 g/mol. The van der Waals surface area contributed by atoms with E-state index in [0.29, 0.717) is 0 Å². The van der Waals surface area contributed by atoms with Crippen LogP contribution in [0.25, 0.3) is 66.1 Å². The van der Waals surface area contributed by atoms with Gasteiger partial charge in [0.15, 0.2) is 0 Å². The quantitative estimate of drug-likeness (QED) is 0.185. The molecule has 0 N–H and O–H groups in total. The molecule has 226 valence electrons. The van der Waals surface area contributed by atoms with E-state index in [1.54, 1.807) is 0 Å². The number of para-hydroxylation sites is 2. The lowest BCUT2D eigenvalue weighted by Crippen LogP contribution is -2.11. The summed E-state index contributed by atoms with van der Waals surface area (Å²) >= 11 is 0. The maximum Gasteiger partial charge on any atom is 0.136 e. The molecule has 2 heteroatoms. The first-order chi connectivity index (χ1) is 23.8. The Morgan fingerprint density at radius 3 is 1.62 bits per heavy atom. The van der Waals surface area contributed by atoms with Crippen molar-refractivity contribution in [3.05, 3.63) is 188 Å². The second kappa shape index (κ2) is 11.8. The Bertz CT molecular complexity index is 2530. The van der Waals surface area contributed by atoms with E-state index in [0.717, 1.165) is 50.1 Å². The molecule has 1 aromatic heterocycles. The van der Waals surface area contributed by atoms with E-state index in [4.69, 9.17) is 4.42 Å². The van der Waals surface area contributed by atoms with Gasteiger partial charge in [0.2, 0.25) is 0 Å². The number of anilines is 3. The van der Waals surface area contributed by atoms with Crippen molar-refractivity contribution in [2.45, 2.75) is 0 Å². The van der Waals surface area contributed by atoms with Gasteiger partial charge < -0.3 is 9.32 Å². The molecule has 8 aromatic carbocycles. The van der Waals surface area contributed by atoms with E-state index in [1.807, 2.05) is 6.07 Å². The third kappa shape index (κ3) is 4.83. The molecule has 2 nitrogen and oxygen atoms in total. The zero-order valence-corrected chi connectivity index (χ0v) is 26.3. The third-order valence-corrected chi connectivity index (χ3v) is 9.27. The van der Waals surface area contributed by atoms with Crippen molar-refractivity contribution in [3.8, 4) is 33.4 Å². The predicted octanol–water partition coefficient (Wildman–Crippen LogP) is 13.2. The summed E-state index contributed by atoms with van der Waals surface area (Å²) in [6.07, 6.45) is 0. The summed E-state index contributed by atoms with van der Waals surface area (Å²) < 4.78 is 6.44. The zero-order valence-electron chi connectivity index (χ0n) is 26.3. The molecule has 0 atom stereocenters. The van der Waals surface area contributed by atoms with Gasteiger partial charge in [0.05, 0.1) is 5.69 Å². The summed E-state index contributed by atoms with van der Waals surface area (Å²) in [6.45, 7) is 0. The number of benzene rings is 8. The standard InChI is InChI=1S/C46H31NO/c1-4-14-32(15-5-1)33-24-26-36(27-25-33)47(43-22-12-10-20-38(43)34-16-6-2-7-17-34)37-28-29-39-42(30-37)41(35-18-8-3-9-19-35)31-45-46(39)40-21-11-13-23-44(40)48-45/h1-31H. The van der Waals surface area contributed by atoms with Crippen molar-refractivity contribution < 1.29 is 4.42 Å². The minimum atomic E-state index is 0.901. The van der Waals surface area contributed by atoms with E-state index in [9.17, 15) is 0 Å². The highest BCUT2D eigenvalue weighted by Gasteiger charge is 2.20. The predicted molar refractivity (Wildman–Crippen MR) is 202 cm³/mol. The van der Waals surface area contributed by atoms with E-state index in [2.05, 4.69) is 187 Å². The van der Waals surface area contributed by atoms with Crippen molar-refractivity contribution in [1.29, 1.82) is 0 Å². The van der Waals surface area contributed by atoms with Gasteiger partial charge in [-0.3, -0.25) is 0 Å². The highest BCUT2D eigenvalue weighted by atomic mass is 16.3. The van der Waals surface area contributed by atoms with Crippen LogP contribution in [0, 0.1) is 0 Å². The van der Waals surface area contributed by atoms with Crippen LogP contribution in [0.3, 0.4) is 0 Å². The molecular formula is C46H31NO. The number of hydrogen-bond donors (Lipinski definition) is 0. The van der Waals surface area contributed by atoms with Crippen LogP contribution >= 0.6 is 0 Å². The molecule has 0 aliphatic heterocycles. The minimum absolute atomic E-state index is 0.901. The van der Waals surface area contributed by atoms with Gasteiger partial charge in [-0.05, 0) is 81.1 Å². The summed E-state index contributed by atoms with van der Waals surface area (Å²) in [5.41, 5.74) is 12.1. The Labute approximate surface area is 279 Å². The Kier molecular flexibility index (Phi) is 6.84. The highest BCUT2D eigenvalue weighted by molar-refractivity contribution is 6.22. The molecule has 0 spiro atoms. The highest BCUT2D eigenvalue weighted by Crippen LogP contribution is 2.45.